The standard InChI is InChI=1S/C16H22BrN3/c1-4-20-15(16(17)12(2)19-20)11-10-14(18-3)13-8-6-5-7-9-13/h5-9,14,18H,4,10-11H2,1-3H3. The predicted octanol–water partition coefficient (Wildman–Crippen LogP) is 3.87. The molecule has 0 radical (unpaired) electrons. The highest BCUT2D eigenvalue weighted by molar-refractivity contribution is 9.10. The molecule has 1 N–H and O–H groups in total. The predicted molar refractivity (Wildman–Crippen MR) is 86.9 cm³/mol. The fourth-order valence-electron chi connectivity index (χ4n) is 2.55. The molecule has 0 aliphatic carbocycles. The molecule has 0 fully saturated rings. The molecule has 1 aromatic carbocycles. The molecule has 0 spiro atoms. The van der Waals surface area contributed by atoms with Gasteiger partial charge in [0.1, 0.15) is 0 Å². The van der Waals surface area contributed by atoms with E-state index in [9.17, 15) is 0 Å². The Kier molecular flexibility index (Phi) is 5.38. The Bertz CT molecular complexity index is 548. The molecule has 0 saturated heterocycles. The Morgan fingerprint density at radius 3 is 2.60 bits per heavy atom. The van der Waals surface area contributed by atoms with E-state index in [2.05, 4.69) is 68.3 Å². The average molecular weight is 336 g/mol. The first kappa shape index (κ1) is 15.3. The summed E-state index contributed by atoms with van der Waals surface area (Å²) in [6, 6.07) is 11.0. The quantitative estimate of drug-likeness (QED) is 0.868. The summed E-state index contributed by atoms with van der Waals surface area (Å²) >= 11 is 3.67. The lowest BCUT2D eigenvalue weighted by atomic mass is 10.0. The molecule has 0 aliphatic heterocycles. The van der Waals surface area contributed by atoms with Crippen LogP contribution in [-0.2, 0) is 13.0 Å². The molecule has 0 amide bonds. The van der Waals surface area contributed by atoms with Crippen LogP contribution in [-0.4, -0.2) is 16.8 Å². The number of halogens is 1. The molecular formula is C16H22BrN3. The summed E-state index contributed by atoms with van der Waals surface area (Å²) in [5.41, 5.74) is 3.70. The Balaban J connectivity index is 2.11. The zero-order chi connectivity index (χ0) is 14.5. The van der Waals surface area contributed by atoms with E-state index in [-0.39, 0.29) is 0 Å². The molecule has 1 atom stereocenters. The van der Waals surface area contributed by atoms with Gasteiger partial charge in [0.05, 0.1) is 15.9 Å². The first-order chi connectivity index (χ1) is 9.67. The van der Waals surface area contributed by atoms with Crippen molar-refractivity contribution in [2.75, 3.05) is 7.05 Å². The third-order valence-electron chi connectivity index (χ3n) is 3.67. The summed E-state index contributed by atoms with van der Waals surface area (Å²) in [6.07, 6.45) is 2.07. The number of benzene rings is 1. The zero-order valence-corrected chi connectivity index (χ0v) is 13.9. The topological polar surface area (TPSA) is 29.9 Å². The fourth-order valence-corrected chi connectivity index (χ4v) is 3.03. The SMILES string of the molecule is CCn1nc(C)c(Br)c1CCC(NC)c1ccccc1. The van der Waals surface area contributed by atoms with Gasteiger partial charge in [-0.1, -0.05) is 30.3 Å². The van der Waals surface area contributed by atoms with E-state index in [4.69, 9.17) is 0 Å². The van der Waals surface area contributed by atoms with Gasteiger partial charge in [0.25, 0.3) is 0 Å². The van der Waals surface area contributed by atoms with Crippen molar-refractivity contribution < 1.29 is 0 Å². The lowest BCUT2D eigenvalue weighted by molar-refractivity contribution is 0.525. The normalized spacial score (nSPS) is 12.6. The molecule has 20 heavy (non-hydrogen) atoms. The number of hydrogen-bond donors (Lipinski definition) is 1. The third kappa shape index (κ3) is 3.30. The number of aryl methyl sites for hydroxylation is 2. The summed E-state index contributed by atoms with van der Waals surface area (Å²) in [4.78, 5) is 0. The second-order valence-corrected chi connectivity index (χ2v) is 5.75. The van der Waals surface area contributed by atoms with Crippen LogP contribution in [0, 0.1) is 6.92 Å². The van der Waals surface area contributed by atoms with E-state index in [1.54, 1.807) is 0 Å². The summed E-state index contributed by atoms with van der Waals surface area (Å²) in [6.45, 7) is 5.10. The number of nitrogens with zero attached hydrogens (tertiary/aromatic N) is 2. The van der Waals surface area contributed by atoms with Gasteiger partial charge in [-0.3, -0.25) is 4.68 Å². The lowest BCUT2D eigenvalue weighted by Gasteiger charge is -2.17. The van der Waals surface area contributed by atoms with Crippen LogP contribution in [0.2, 0.25) is 0 Å². The molecule has 4 heteroatoms. The van der Waals surface area contributed by atoms with Crippen molar-refractivity contribution in [3.8, 4) is 0 Å². The first-order valence-electron chi connectivity index (χ1n) is 7.11. The van der Waals surface area contributed by atoms with Gasteiger partial charge in [0.2, 0.25) is 0 Å². The van der Waals surface area contributed by atoms with Gasteiger partial charge in [-0.05, 0) is 55.2 Å². The van der Waals surface area contributed by atoms with Gasteiger partial charge < -0.3 is 5.32 Å². The van der Waals surface area contributed by atoms with Crippen molar-refractivity contribution in [3.63, 3.8) is 0 Å². The minimum atomic E-state index is 0.378. The van der Waals surface area contributed by atoms with Crippen molar-refractivity contribution in [1.29, 1.82) is 0 Å². The van der Waals surface area contributed by atoms with Crippen LogP contribution in [0.5, 0.6) is 0 Å². The van der Waals surface area contributed by atoms with Gasteiger partial charge in [-0.15, -0.1) is 0 Å². The highest BCUT2D eigenvalue weighted by Gasteiger charge is 2.15. The Labute approximate surface area is 129 Å². The minimum Gasteiger partial charge on any atom is -0.313 e. The molecule has 3 nitrogen and oxygen atoms in total. The van der Waals surface area contributed by atoms with Gasteiger partial charge in [0.15, 0.2) is 0 Å². The molecule has 0 bridgehead atoms. The van der Waals surface area contributed by atoms with Gasteiger partial charge >= 0.3 is 0 Å². The van der Waals surface area contributed by atoms with Gasteiger partial charge in [0, 0.05) is 12.6 Å². The van der Waals surface area contributed by atoms with E-state index < -0.39 is 0 Å². The minimum absolute atomic E-state index is 0.378. The lowest BCUT2D eigenvalue weighted by Crippen LogP contribution is -2.17. The number of aromatic nitrogens is 2. The average Bonchev–Trinajstić information content (AvgIpc) is 2.76. The van der Waals surface area contributed by atoms with Crippen molar-refractivity contribution in [1.82, 2.24) is 15.1 Å². The summed E-state index contributed by atoms with van der Waals surface area (Å²) < 4.78 is 3.25. The zero-order valence-electron chi connectivity index (χ0n) is 12.4. The third-order valence-corrected chi connectivity index (χ3v) is 4.70. The van der Waals surface area contributed by atoms with Gasteiger partial charge in [-0.25, -0.2) is 0 Å². The molecule has 1 unspecified atom stereocenters. The highest BCUT2D eigenvalue weighted by atomic mass is 79.9. The van der Waals surface area contributed by atoms with Crippen LogP contribution in [0.1, 0.15) is 36.3 Å². The maximum atomic E-state index is 4.55. The first-order valence-corrected chi connectivity index (χ1v) is 7.90. The van der Waals surface area contributed by atoms with E-state index in [0.717, 1.165) is 29.6 Å². The number of hydrogen-bond acceptors (Lipinski definition) is 2. The molecular weight excluding hydrogens is 314 g/mol. The van der Waals surface area contributed by atoms with E-state index in [1.807, 2.05) is 14.0 Å². The molecule has 2 rings (SSSR count). The van der Waals surface area contributed by atoms with Crippen molar-refractivity contribution in [2.24, 2.45) is 0 Å². The van der Waals surface area contributed by atoms with Crippen LogP contribution in [0.25, 0.3) is 0 Å². The van der Waals surface area contributed by atoms with Crippen molar-refractivity contribution >= 4 is 15.9 Å². The summed E-state index contributed by atoms with van der Waals surface area (Å²) in [7, 11) is 2.02. The van der Waals surface area contributed by atoms with Crippen LogP contribution >= 0.6 is 15.9 Å². The molecule has 0 saturated carbocycles. The molecule has 108 valence electrons. The van der Waals surface area contributed by atoms with Crippen molar-refractivity contribution in [2.45, 2.75) is 39.3 Å². The van der Waals surface area contributed by atoms with Crippen LogP contribution in [0.3, 0.4) is 0 Å². The van der Waals surface area contributed by atoms with E-state index in [0.29, 0.717) is 6.04 Å². The Hall–Kier alpha value is -1.13. The summed E-state index contributed by atoms with van der Waals surface area (Å²) in [5.74, 6) is 0. The molecule has 0 aliphatic rings. The van der Waals surface area contributed by atoms with E-state index >= 15 is 0 Å². The number of rotatable bonds is 6. The van der Waals surface area contributed by atoms with Crippen LogP contribution < -0.4 is 5.32 Å². The molecule has 1 heterocycles. The monoisotopic (exact) mass is 335 g/mol. The molecule has 2 aromatic rings. The van der Waals surface area contributed by atoms with E-state index in [1.165, 1.54) is 11.3 Å². The van der Waals surface area contributed by atoms with Crippen LogP contribution in [0.4, 0.5) is 0 Å². The van der Waals surface area contributed by atoms with Crippen LogP contribution in [0.15, 0.2) is 34.8 Å². The Morgan fingerprint density at radius 1 is 1.30 bits per heavy atom. The molecule has 1 aromatic heterocycles. The second-order valence-electron chi connectivity index (χ2n) is 4.95. The maximum absolute atomic E-state index is 4.55. The fraction of sp³-hybridized carbons (Fsp3) is 0.438. The summed E-state index contributed by atoms with van der Waals surface area (Å²) in [5, 5.41) is 7.96. The largest absolute Gasteiger partial charge is 0.313 e. The second kappa shape index (κ2) is 7.04. The maximum Gasteiger partial charge on any atom is 0.0738 e. The highest BCUT2D eigenvalue weighted by Crippen LogP contribution is 2.25. The van der Waals surface area contributed by atoms with Crippen molar-refractivity contribution in [3.05, 3.63) is 51.8 Å². The Morgan fingerprint density at radius 2 is 2.00 bits per heavy atom. The number of nitrogens with one attached hydrogen (secondary N) is 1. The van der Waals surface area contributed by atoms with Gasteiger partial charge in [-0.2, -0.15) is 5.10 Å². The smallest absolute Gasteiger partial charge is 0.0738 e.